The molecule has 0 atom stereocenters. The first kappa shape index (κ1) is 22.1. The number of aryl methyl sites for hydroxylation is 1. The van der Waals surface area contributed by atoms with Crippen molar-refractivity contribution in [2.75, 3.05) is 33.9 Å². The van der Waals surface area contributed by atoms with E-state index in [1.54, 1.807) is 31.5 Å². The highest BCUT2D eigenvalue weighted by Gasteiger charge is 2.21. The van der Waals surface area contributed by atoms with E-state index in [4.69, 9.17) is 0 Å². The fourth-order valence-electron chi connectivity index (χ4n) is 4.17. The number of carbonyl (C=O) groups excluding carboxylic acids is 1. The number of benzene rings is 1. The SMILES string of the molecule is Cc1ncc(Nc2cc(F)cc(N3CCCCC3)c2)cc1C(=O)Nc1ccc(NC2CC2)nc1. The molecule has 1 amide bonds. The number of pyridine rings is 2. The van der Waals surface area contributed by atoms with Crippen molar-refractivity contribution in [3.05, 3.63) is 65.9 Å². The fraction of sp³-hybridized carbons (Fsp3) is 0.346. The number of amides is 1. The number of rotatable bonds is 7. The summed E-state index contributed by atoms with van der Waals surface area (Å²) in [5, 5.41) is 9.42. The second-order valence-electron chi connectivity index (χ2n) is 9.03. The standard InChI is InChI=1S/C26H29FN6O/c1-17-24(26(34)32-20-7-8-25(29-15-20)31-19-5-6-19)14-22(16-28-17)30-21-11-18(27)12-23(13-21)33-9-3-2-4-10-33/h7-8,11-16,19,30H,2-6,9-10H2,1H3,(H,29,31)(H,32,34). The predicted octanol–water partition coefficient (Wildman–Crippen LogP) is 5.48. The van der Waals surface area contributed by atoms with Crippen LogP contribution in [0.1, 0.15) is 48.2 Å². The van der Waals surface area contributed by atoms with Gasteiger partial charge in [-0.05, 0) is 75.4 Å². The molecule has 5 rings (SSSR count). The number of carbonyl (C=O) groups is 1. The first-order chi connectivity index (χ1) is 16.5. The second-order valence-corrected chi connectivity index (χ2v) is 9.03. The predicted molar refractivity (Wildman–Crippen MR) is 134 cm³/mol. The number of anilines is 5. The molecule has 2 aromatic heterocycles. The summed E-state index contributed by atoms with van der Waals surface area (Å²) in [4.78, 5) is 23.9. The van der Waals surface area contributed by atoms with Crippen LogP contribution in [0.4, 0.5) is 33.0 Å². The number of halogens is 1. The number of hydrogen-bond acceptors (Lipinski definition) is 6. The molecule has 0 radical (unpaired) electrons. The van der Waals surface area contributed by atoms with Gasteiger partial charge in [-0.1, -0.05) is 0 Å². The molecule has 0 spiro atoms. The number of hydrogen-bond donors (Lipinski definition) is 3. The van der Waals surface area contributed by atoms with E-state index in [1.807, 2.05) is 18.2 Å². The Morgan fingerprint density at radius 1 is 0.971 bits per heavy atom. The van der Waals surface area contributed by atoms with Gasteiger partial charge in [-0.3, -0.25) is 9.78 Å². The molecule has 1 aliphatic carbocycles. The van der Waals surface area contributed by atoms with Gasteiger partial charge in [-0.2, -0.15) is 0 Å². The number of aromatic nitrogens is 2. The van der Waals surface area contributed by atoms with E-state index in [1.165, 1.54) is 25.3 Å². The van der Waals surface area contributed by atoms with Gasteiger partial charge in [0.1, 0.15) is 11.6 Å². The average molecular weight is 461 g/mol. The first-order valence-corrected chi connectivity index (χ1v) is 11.9. The van der Waals surface area contributed by atoms with E-state index in [-0.39, 0.29) is 11.7 Å². The van der Waals surface area contributed by atoms with Gasteiger partial charge in [-0.25, -0.2) is 9.37 Å². The van der Waals surface area contributed by atoms with E-state index < -0.39 is 0 Å². The van der Waals surface area contributed by atoms with Crippen molar-refractivity contribution in [2.24, 2.45) is 0 Å². The van der Waals surface area contributed by atoms with Crippen molar-refractivity contribution < 1.29 is 9.18 Å². The van der Waals surface area contributed by atoms with Crippen LogP contribution in [-0.2, 0) is 0 Å². The summed E-state index contributed by atoms with van der Waals surface area (Å²) >= 11 is 0. The Labute approximate surface area is 198 Å². The van der Waals surface area contributed by atoms with Crippen molar-refractivity contribution in [3.63, 3.8) is 0 Å². The average Bonchev–Trinajstić information content (AvgIpc) is 3.66. The monoisotopic (exact) mass is 460 g/mol. The third-order valence-electron chi connectivity index (χ3n) is 6.17. The highest BCUT2D eigenvalue weighted by molar-refractivity contribution is 6.05. The first-order valence-electron chi connectivity index (χ1n) is 11.9. The Kier molecular flexibility index (Phi) is 6.29. The molecule has 0 bridgehead atoms. The zero-order valence-electron chi connectivity index (χ0n) is 19.3. The summed E-state index contributed by atoms with van der Waals surface area (Å²) < 4.78 is 14.3. The van der Waals surface area contributed by atoms with Gasteiger partial charge >= 0.3 is 0 Å². The van der Waals surface area contributed by atoms with E-state index >= 15 is 0 Å². The topological polar surface area (TPSA) is 82.2 Å². The summed E-state index contributed by atoms with van der Waals surface area (Å²) in [6, 6.07) is 10.9. The van der Waals surface area contributed by atoms with Crippen molar-refractivity contribution in [1.29, 1.82) is 0 Å². The number of nitrogens with zero attached hydrogens (tertiary/aromatic N) is 3. The molecule has 3 aromatic rings. The smallest absolute Gasteiger partial charge is 0.257 e. The molecule has 7 nitrogen and oxygen atoms in total. The molecule has 1 saturated carbocycles. The molecule has 8 heteroatoms. The maximum absolute atomic E-state index is 14.3. The third kappa shape index (κ3) is 5.44. The zero-order valence-corrected chi connectivity index (χ0v) is 19.3. The maximum Gasteiger partial charge on any atom is 0.257 e. The fourth-order valence-corrected chi connectivity index (χ4v) is 4.17. The van der Waals surface area contributed by atoms with Crippen LogP contribution in [0.15, 0.2) is 48.8 Å². The molecule has 2 fully saturated rings. The zero-order chi connectivity index (χ0) is 23.5. The quantitative estimate of drug-likeness (QED) is 0.433. The summed E-state index contributed by atoms with van der Waals surface area (Å²) in [5.41, 5.74) is 3.77. The minimum absolute atomic E-state index is 0.272. The normalized spacial score (nSPS) is 15.6. The third-order valence-corrected chi connectivity index (χ3v) is 6.17. The number of piperidine rings is 1. The highest BCUT2D eigenvalue weighted by atomic mass is 19.1. The van der Waals surface area contributed by atoms with Crippen LogP contribution in [0.2, 0.25) is 0 Å². The molecule has 176 valence electrons. The van der Waals surface area contributed by atoms with Crippen LogP contribution in [-0.4, -0.2) is 35.0 Å². The molecule has 0 unspecified atom stereocenters. The summed E-state index contributed by atoms with van der Waals surface area (Å²) in [6.07, 6.45) is 9.09. The van der Waals surface area contributed by atoms with Crippen molar-refractivity contribution in [1.82, 2.24) is 9.97 Å². The summed E-state index contributed by atoms with van der Waals surface area (Å²) in [6.45, 7) is 3.66. The van der Waals surface area contributed by atoms with E-state index in [0.717, 1.165) is 37.4 Å². The van der Waals surface area contributed by atoms with Gasteiger partial charge in [0.15, 0.2) is 0 Å². The van der Waals surface area contributed by atoms with Crippen molar-refractivity contribution in [3.8, 4) is 0 Å². The van der Waals surface area contributed by atoms with Gasteiger partial charge in [0.25, 0.3) is 5.91 Å². The molecular weight excluding hydrogens is 431 g/mol. The van der Waals surface area contributed by atoms with Gasteiger partial charge in [0, 0.05) is 30.5 Å². The van der Waals surface area contributed by atoms with E-state index in [9.17, 15) is 9.18 Å². The minimum atomic E-state index is -0.296. The lowest BCUT2D eigenvalue weighted by atomic mass is 10.1. The van der Waals surface area contributed by atoms with Crippen LogP contribution in [0, 0.1) is 12.7 Å². The Morgan fingerprint density at radius 3 is 2.50 bits per heavy atom. The maximum atomic E-state index is 14.3. The minimum Gasteiger partial charge on any atom is -0.371 e. The van der Waals surface area contributed by atoms with Crippen LogP contribution in [0.5, 0.6) is 0 Å². The van der Waals surface area contributed by atoms with E-state index in [2.05, 4.69) is 30.8 Å². The lowest BCUT2D eigenvalue weighted by Gasteiger charge is -2.29. The molecule has 3 heterocycles. The molecule has 1 aliphatic heterocycles. The lowest BCUT2D eigenvalue weighted by Crippen LogP contribution is -2.29. The Balaban J connectivity index is 1.29. The van der Waals surface area contributed by atoms with Crippen LogP contribution >= 0.6 is 0 Å². The Morgan fingerprint density at radius 2 is 1.76 bits per heavy atom. The largest absolute Gasteiger partial charge is 0.371 e. The molecule has 3 N–H and O–H groups in total. The van der Waals surface area contributed by atoms with Crippen LogP contribution < -0.4 is 20.9 Å². The molecule has 34 heavy (non-hydrogen) atoms. The lowest BCUT2D eigenvalue weighted by molar-refractivity contribution is 0.102. The summed E-state index contributed by atoms with van der Waals surface area (Å²) in [5.74, 6) is 0.242. The molecule has 1 saturated heterocycles. The van der Waals surface area contributed by atoms with Crippen molar-refractivity contribution >= 4 is 34.5 Å². The van der Waals surface area contributed by atoms with Crippen LogP contribution in [0.3, 0.4) is 0 Å². The van der Waals surface area contributed by atoms with Crippen molar-refractivity contribution in [2.45, 2.75) is 45.1 Å². The number of nitrogens with one attached hydrogen (secondary N) is 3. The van der Waals surface area contributed by atoms with E-state index in [0.29, 0.717) is 34.4 Å². The van der Waals surface area contributed by atoms with Gasteiger partial charge < -0.3 is 20.9 Å². The van der Waals surface area contributed by atoms with Gasteiger partial charge in [0.05, 0.1) is 35.0 Å². The Bertz CT molecular complexity index is 1170. The molecule has 1 aromatic carbocycles. The second kappa shape index (κ2) is 9.67. The van der Waals surface area contributed by atoms with Gasteiger partial charge in [0.2, 0.25) is 0 Å². The molecule has 2 aliphatic rings. The summed E-state index contributed by atoms with van der Waals surface area (Å²) in [7, 11) is 0. The highest BCUT2D eigenvalue weighted by Crippen LogP contribution is 2.28. The molecular formula is C26H29FN6O. The van der Waals surface area contributed by atoms with Gasteiger partial charge in [-0.15, -0.1) is 0 Å². The Hall–Kier alpha value is -3.68. The van der Waals surface area contributed by atoms with Crippen LogP contribution in [0.25, 0.3) is 0 Å².